The first-order valence-corrected chi connectivity index (χ1v) is 7.45. The molecule has 3 nitrogen and oxygen atoms in total. The van der Waals surface area contributed by atoms with Gasteiger partial charge in [-0.05, 0) is 50.0 Å². The van der Waals surface area contributed by atoms with Crippen LogP contribution in [0.25, 0.3) is 0 Å². The highest BCUT2D eigenvalue weighted by atomic mass is 32.1. The molecular formula is C15H21N3S. The summed E-state index contributed by atoms with van der Waals surface area (Å²) in [5.74, 6) is 0.601. The van der Waals surface area contributed by atoms with Gasteiger partial charge in [-0.25, -0.2) is 0 Å². The van der Waals surface area contributed by atoms with Crippen LogP contribution in [0.4, 0.5) is 0 Å². The average Bonchev–Trinajstić information content (AvgIpc) is 2.82. The Bertz CT molecular complexity index is 495. The predicted molar refractivity (Wildman–Crippen MR) is 80.5 cm³/mol. The van der Waals surface area contributed by atoms with Crippen molar-refractivity contribution in [1.82, 2.24) is 14.5 Å². The number of benzene rings is 1. The summed E-state index contributed by atoms with van der Waals surface area (Å²) in [6.07, 6.45) is 1.17. The first-order valence-electron chi connectivity index (χ1n) is 6.68. The lowest BCUT2D eigenvalue weighted by Crippen LogP contribution is -2.20. The molecule has 0 aliphatic rings. The molecule has 0 fully saturated rings. The van der Waals surface area contributed by atoms with Gasteiger partial charge in [-0.2, -0.15) is 0 Å². The Hall–Kier alpha value is -1.26. The summed E-state index contributed by atoms with van der Waals surface area (Å²) in [5, 5.41) is 4.05. The van der Waals surface area contributed by atoms with Gasteiger partial charge in [0.15, 0.2) is 0 Å². The smallest absolute Gasteiger partial charge is 0.0769 e. The van der Waals surface area contributed by atoms with Crippen molar-refractivity contribution in [3.05, 3.63) is 46.5 Å². The van der Waals surface area contributed by atoms with Crippen molar-refractivity contribution in [2.24, 2.45) is 0 Å². The van der Waals surface area contributed by atoms with Crippen LogP contribution < -0.4 is 0 Å². The van der Waals surface area contributed by atoms with E-state index < -0.39 is 0 Å². The van der Waals surface area contributed by atoms with Crippen molar-refractivity contribution < 1.29 is 0 Å². The number of rotatable bonds is 6. The number of nitrogens with zero attached hydrogens (tertiary/aromatic N) is 3. The van der Waals surface area contributed by atoms with Crippen molar-refractivity contribution in [2.45, 2.75) is 32.7 Å². The Kier molecular flexibility index (Phi) is 5.05. The molecule has 0 unspecified atom stereocenters. The summed E-state index contributed by atoms with van der Waals surface area (Å²) in [6, 6.07) is 10.7. The fourth-order valence-corrected chi connectivity index (χ4v) is 2.80. The van der Waals surface area contributed by atoms with Crippen LogP contribution in [-0.2, 0) is 6.54 Å². The lowest BCUT2D eigenvalue weighted by molar-refractivity contribution is 0.315. The van der Waals surface area contributed by atoms with Gasteiger partial charge < -0.3 is 4.90 Å². The first kappa shape index (κ1) is 14.2. The summed E-state index contributed by atoms with van der Waals surface area (Å²) < 4.78 is 3.98. The Labute approximate surface area is 119 Å². The number of aromatic nitrogens is 2. The maximum absolute atomic E-state index is 4.05. The number of hydrogen-bond acceptors (Lipinski definition) is 4. The third-order valence-electron chi connectivity index (χ3n) is 3.47. The van der Waals surface area contributed by atoms with Crippen molar-refractivity contribution in [3.8, 4) is 0 Å². The van der Waals surface area contributed by atoms with Gasteiger partial charge in [0.1, 0.15) is 0 Å². The van der Waals surface area contributed by atoms with E-state index in [9.17, 15) is 0 Å². The molecule has 1 aromatic carbocycles. The maximum atomic E-state index is 4.05. The molecule has 0 aliphatic heterocycles. The van der Waals surface area contributed by atoms with Crippen LogP contribution >= 0.6 is 11.5 Å². The molecule has 0 aliphatic carbocycles. The second kappa shape index (κ2) is 6.78. The maximum Gasteiger partial charge on any atom is 0.0769 e. The van der Waals surface area contributed by atoms with Crippen LogP contribution in [0.2, 0.25) is 0 Å². The van der Waals surface area contributed by atoms with E-state index in [2.05, 4.69) is 58.8 Å². The molecule has 1 heterocycles. The highest BCUT2D eigenvalue weighted by Crippen LogP contribution is 2.19. The summed E-state index contributed by atoms with van der Waals surface area (Å²) in [5.41, 5.74) is 2.49. The van der Waals surface area contributed by atoms with Gasteiger partial charge in [0, 0.05) is 6.54 Å². The molecule has 0 radical (unpaired) electrons. The summed E-state index contributed by atoms with van der Waals surface area (Å²) in [6.45, 7) is 6.36. The van der Waals surface area contributed by atoms with Gasteiger partial charge in [0.2, 0.25) is 0 Å². The van der Waals surface area contributed by atoms with E-state index in [-0.39, 0.29) is 0 Å². The minimum atomic E-state index is 0.601. The van der Waals surface area contributed by atoms with Crippen LogP contribution in [0.1, 0.15) is 35.4 Å². The van der Waals surface area contributed by atoms with Crippen molar-refractivity contribution >= 4 is 11.5 Å². The quantitative estimate of drug-likeness (QED) is 0.808. The van der Waals surface area contributed by atoms with E-state index in [1.54, 1.807) is 0 Å². The zero-order valence-corrected chi connectivity index (χ0v) is 12.7. The molecule has 2 aromatic rings. The molecule has 0 bridgehead atoms. The van der Waals surface area contributed by atoms with Gasteiger partial charge in [-0.1, -0.05) is 41.7 Å². The standard InChI is InChI=1S/C15H21N3S/c1-12(14-7-5-4-6-8-14)9-10-18(3)11-15-13(2)16-17-19-15/h4-8,12H,9-11H2,1-3H3/t12-/m1/s1. The highest BCUT2D eigenvalue weighted by Gasteiger charge is 2.09. The molecule has 4 heteroatoms. The number of hydrogen-bond donors (Lipinski definition) is 0. The van der Waals surface area contributed by atoms with Crippen molar-refractivity contribution in [2.75, 3.05) is 13.6 Å². The zero-order chi connectivity index (χ0) is 13.7. The lowest BCUT2D eigenvalue weighted by Gasteiger charge is -2.19. The average molecular weight is 275 g/mol. The fraction of sp³-hybridized carbons (Fsp3) is 0.467. The molecule has 0 saturated carbocycles. The van der Waals surface area contributed by atoms with Gasteiger partial charge in [0.25, 0.3) is 0 Å². The van der Waals surface area contributed by atoms with Crippen molar-refractivity contribution in [1.29, 1.82) is 0 Å². The van der Waals surface area contributed by atoms with Crippen LogP contribution in [0.3, 0.4) is 0 Å². The molecule has 0 amide bonds. The summed E-state index contributed by atoms with van der Waals surface area (Å²) in [4.78, 5) is 3.62. The fourth-order valence-electron chi connectivity index (χ4n) is 2.08. The molecule has 0 N–H and O–H groups in total. The molecule has 1 atom stereocenters. The van der Waals surface area contributed by atoms with Crippen LogP contribution in [-0.4, -0.2) is 28.1 Å². The molecule has 0 spiro atoms. The van der Waals surface area contributed by atoms with Gasteiger partial charge in [0.05, 0.1) is 10.6 Å². The topological polar surface area (TPSA) is 29.0 Å². The monoisotopic (exact) mass is 275 g/mol. The van der Waals surface area contributed by atoms with Gasteiger partial charge >= 0.3 is 0 Å². The predicted octanol–water partition coefficient (Wildman–Crippen LogP) is 3.47. The van der Waals surface area contributed by atoms with E-state index >= 15 is 0 Å². The van der Waals surface area contributed by atoms with E-state index in [1.807, 2.05) is 6.92 Å². The van der Waals surface area contributed by atoms with Gasteiger partial charge in [-0.15, -0.1) is 5.10 Å². The third-order valence-corrected chi connectivity index (χ3v) is 4.28. The Balaban J connectivity index is 1.81. The third kappa shape index (κ3) is 4.11. The lowest BCUT2D eigenvalue weighted by atomic mass is 9.98. The Morgan fingerprint density at radius 3 is 2.63 bits per heavy atom. The van der Waals surface area contributed by atoms with Crippen molar-refractivity contribution in [3.63, 3.8) is 0 Å². The Morgan fingerprint density at radius 1 is 1.26 bits per heavy atom. The summed E-state index contributed by atoms with van der Waals surface area (Å²) >= 11 is 1.51. The van der Waals surface area contributed by atoms with Crippen LogP contribution in [0.5, 0.6) is 0 Å². The highest BCUT2D eigenvalue weighted by molar-refractivity contribution is 7.05. The van der Waals surface area contributed by atoms with Crippen LogP contribution in [0, 0.1) is 6.92 Å². The summed E-state index contributed by atoms with van der Waals surface area (Å²) in [7, 11) is 2.16. The second-order valence-corrected chi connectivity index (χ2v) is 5.96. The SMILES string of the molecule is Cc1nnsc1CN(C)CC[C@@H](C)c1ccccc1. The Morgan fingerprint density at radius 2 is 2.00 bits per heavy atom. The van der Waals surface area contributed by atoms with E-state index in [0.29, 0.717) is 5.92 Å². The minimum Gasteiger partial charge on any atom is -0.301 e. The van der Waals surface area contributed by atoms with E-state index in [4.69, 9.17) is 0 Å². The second-order valence-electron chi connectivity index (χ2n) is 5.12. The largest absolute Gasteiger partial charge is 0.301 e. The molecule has 19 heavy (non-hydrogen) atoms. The molecule has 102 valence electrons. The van der Waals surface area contributed by atoms with Crippen LogP contribution in [0.15, 0.2) is 30.3 Å². The van der Waals surface area contributed by atoms with E-state index in [0.717, 1.165) is 18.8 Å². The number of aryl methyl sites for hydroxylation is 1. The van der Waals surface area contributed by atoms with E-state index in [1.165, 1.54) is 28.4 Å². The first-order chi connectivity index (χ1) is 9.16. The molecule has 2 rings (SSSR count). The molecule has 1 aromatic heterocycles. The zero-order valence-electron chi connectivity index (χ0n) is 11.8. The normalized spacial score (nSPS) is 12.8. The molecule has 0 saturated heterocycles. The van der Waals surface area contributed by atoms with Gasteiger partial charge in [-0.3, -0.25) is 0 Å². The molecular weight excluding hydrogens is 254 g/mol. The minimum absolute atomic E-state index is 0.601.